The number of ether oxygens (including phenoxy) is 1. The first-order chi connectivity index (χ1) is 12.3. The Morgan fingerprint density at radius 1 is 1.27 bits per heavy atom. The zero-order valence-electron chi connectivity index (χ0n) is 15.4. The number of rotatable bonds is 5. The zero-order chi connectivity index (χ0) is 19.3. The van der Waals surface area contributed by atoms with Gasteiger partial charge in [-0.1, -0.05) is 11.6 Å². The van der Waals surface area contributed by atoms with E-state index in [4.69, 9.17) is 16.3 Å². The van der Waals surface area contributed by atoms with E-state index in [-0.39, 0.29) is 11.8 Å². The van der Waals surface area contributed by atoms with Crippen molar-refractivity contribution < 1.29 is 14.3 Å². The minimum Gasteiger partial charge on any atom is -0.480 e. The Bertz CT molecular complexity index is 657. The molecule has 1 fully saturated rings. The number of benzene rings is 1. The molecule has 1 saturated heterocycles. The molecule has 1 aromatic carbocycles. The van der Waals surface area contributed by atoms with Crippen LogP contribution in [-0.4, -0.2) is 79.4 Å². The molecule has 0 radical (unpaired) electrons. The third kappa shape index (κ3) is 5.86. The highest BCUT2D eigenvalue weighted by Crippen LogP contribution is 2.29. The molecule has 1 aliphatic heterocycles. The highest BCUT2D eigenvalue weighted by atomic mass is 79.9. The molecule has 6 nitrogen and oxygen atoms in total. The van der Waals surface area contributed by atoms with Gasteiger partial charge in [0, 0.05) is 45.3 Å². The number of carbonyl (C=O) groups is 2. The Morgan fingerprint density at radius 3 is 2.65 bits per heavy atom. The van der Waals surface area contributed by atoms with Crippen molar-refractivity contribution in [2.24, 2.45) is 0 Å². The van der Waals surface area contributed by atoms with E-state index in [1.165, 1.54) is 0 Å². The quantitative estimate of drug-likeness (QED) is 0.697. The normalized spacial score (nSPS) is 16.7. The van der Waals surface area contributed by atoms with Gasteiger partial charge in [0.05, 0.1) is 11.0 Å². The molecule has 26 heavy (non-hydrogen) atoms. The average Bonchev–Trinajstić information content (AvgIpc) is 2.82. The summed E-state index contributed by atoms with van der Waals surface area (Å²) in [6.07, 6.45) is 0.242. The van der Waals surface area contributed by atoms with Crippen molar-refractivity contribution in [2.45, 2.75) is 19.4 Å². The highest BCUT2D eigenvalue weighted by Gasteiger charge is 2.25. The van der Waals surface area contributed by atoms with E-state index in [1.807, 2.05) is 4.90 Å². The SMILES string of the molecule is CC(Oc1ccc(Cl)cc1Br)C(=O)N1CCCN(CC(=O)N(C)C)CC1. The topological polar surface area (TPSA) is 53.1 Å². The van der Waals surface area contributed by atoms with E-state index in [0.717, 1.165) is 13.0 Å². The molecule has 1 atom stereocenters. The predicted molar refractivity (Wildman–Crippen MR) is 106 cm³/mol. The van der Waals surface area contributed by atoms with E-state index in [9.17, 15) is 9.59 Å². The van der Waals surface area contributed by atoms with Crippen molar-refractivity contribution >= 4 is 39.3 Å². The number of likely N-dealkylation sites (N-methyl/N-ethyl adjacent to an activating group) is 1. The van der Waals surface area contributed by atoms with Gasteiger partial charge in [0.15, 0.2) is 6.10 Å². The summed E-state index contributed by atoms with van der Waals surface area (Å²) in [5, 5.41) is 0.600. The van der Waals surface area contributed by atoms with Crippen LogP contribution in [-0.2, 0) is 9.59 Å². The minimum absolute atomic E-state index is 0.0485. The van der Waals surface area contributed by atoms with Gasteiger partial charge in [-0.25, -0.2) is 0 Å². The second-order valence-corrected chi connectivity index (χ2v) is 7.87. The molecule has 8 heteroatoms. The molecule has 144 valence electrons. The van der Waals surface area contributed by atoms with Crippen LogP contribution in [0.2, 0.25) is 5.02 Å². The van der Waals surface area contributed by atoms with Gasteiger partial charge in [0.2, 0.25) is 5.91 Å². The van der Waals surface area contributed by atoms with E-state index in [2.05, 4.69) is 20.8 Å². The summed E-state index contributed by atoms with van der Waals surface area (Å²) in [6, 6.07) is 5.21. The number of amides is 2. The van der Waals surface area contributed by atoms with Gasteiger partial charge in [-0.05, 0) is 47.5 Å². The maximum Gasteiger partial charge on any atom is 0.263 e. The van der Waals surface area contributed by atoms with E-state index >= 15 is 0 Å². The summed E-state index contributed by atoms with van der Waals surface area (Å²) in [5.41, 5.74) is 0. The third-order valence-corrected chi connectivity index (χ3v) is 5.16. The Morgan fingerprint density at radius 2 is 2.00 bits per heavy atom. The molecule has 1 heterocycles. The zero-order valence-corrected chi connectivity index (χ0v) is 17.7. The van der Waals surface area contributed by atoms with Crippen molar-refractivity contribution in [3.05, 3.63) is 27.7 Å². The molecule has 2 rings (SSSR count). The van der Waals surface area contributed by atoms with Gasteiger partial charge in [0.25, 0.3) is 5.91 Å². The van der Waals surface area contributed by atoms with Crippen molar-refractivity contribution in [2.75, 3.05) is 46.8 Å². The Balaban J connectivity index is 1.91. The van der Waals surface area contributed by atoms with Crippen LogP contribution in [0.4, 0.5) is 0 Å². The lowest BCUT2D eigenvalue weighted by molar-refractivity contribution is -0.137. The lowest BCUT2D eigenvalue weighted by Crippen LogP contribution is -2.43. The largest absolute Gasteiger partial charge is 0.480 e. The summed E-state index contributed by atoms with van der Waals surface area (Å²) in [6.45, 7) is 4.89. The summed E-state index contributed by atoms with van der Waals surface area (Å²) >= 11 is 9.33. The van der Waals surface area contributed by atoms with Crippen LogP contribution in [0.15, 0.2) is 22.7 Å². The fraction of sp³-hybridized carbons (Fsp3) is 0.556. The fourth-order valence-corrected chi connectivity index (χ4v) is 3.53. The lowest BCUT2D eigenvalue weighted by Gasteiger charge is -2.25. The van der Waals surface area contributed by atoms with Crippen molar-refractivity contribution in [3.63, 3.8) is 0 Å². The van der Waals surface area contributed by atoms with Crippen molar-refractivity contribution in [1.82, 2.24) is 14.7 Å². The second-order valence-electron chi connectivity index (χ2n) is 6.58. The number of nitrogens with zero attached hydrogens (tertiary/aromatic N) is 3. The molecule has 1 unspecified atom stereocenters. The minimum atomic E-state index is -0.595. The molecule has 0 N–H and O–H groups in total. The van der Waals surface area contributed by atoms with Gasteiger partial charge < -0.3 is 14.5 Å². The standard InChI is InChI=1S/C18H25BrClN3O3/c1-13(26-16-6-5-14(20)11-15(16)19)18(25)23-8-4-7-22(9-10-23)12-17(24)21(2)3/h5-6,11,13H,4,7-10,12H2,1-3H3. The lowest BCUT2D eigenvalue weighted by atomic mass is 10.3. The average molecular weight is 447 g/mol. The van der Waals surface area contributed by atoms with Crippen molar-refractivity contribution in [3.8, 4) is 5.75 Å². The van der Waals surface area contributed by atoms with Crippen LogP contribution in [0.3, 0.4) is 0 Å². The van der Waals surface area contributed by atoms with Gasteiger partial charge >= 0.3 is 0 Å². The first-order valence-electron chi connectivity index (χ1n) is 8.61. The van der Waals surface area contributed by atoms with Crippen LogP contribution >= 0.6 is 27.5 Å². The predicted octanol–water partition coefficient (Wildman–Crippen LogP) is 2.49. The van der Waals surface area contributed by atoms with Gasteiger partial charge in [0.1, 0.15) is 5.75 Å². The molecule has 1 aromatic rings. The molecule has 0 saturated carbocycles. The Hall–Kier alpha value is -1.31. The molecule has 2 amide bonds. The number of hydrogen-bond donors (Lipinski definition) is 0. The summed E-state index contributed by atoms with van der Waals surface area (Å²) < 4.78 is 6.52. The molecule has 0 aliphatic carbocycles. The highest BCUT2D eigenvalue weighted by molar-refractivity contribution is 9.10. The maximum atomic E-state index is 12.7. The van der Waals surface area contributed by atoms with Crippen LogP contribution in [0, 0.1) is 0 Å². The molecule has 0 aromatic heterocycles. The molecular weight excluding hydrogens is 422 g/mol. The fourth-order valence-electron chi connectivity index (χ4n) is 2.75. The first kappa shape index (κ1) is 21.0. The third-order valence-electron chi connectivity index (χ3n) is 4.30. The van der Waals surface area contributed by atoms with Crippen LogP contribution < -0.4 is 4.74 Å². The second kappa shape index (κ2) is 9.58. The van der Waals surface area contributed by atoms with Crippen LogP contribution in [0.5, 0.6) is 5.75 Å². The van der Waals surface area contributed by atoms with E-state index < -0.39 is 6.10 Å². The van der Waals surface area contributed by atoms with Crippen LogP contribution in [0.1, 0.15) is 13.3 Å². The number of halogens is 2. The van der Waals surface area contributed by atoms with Gasteiger partial charge in [-0.15, -0.1) is 0 Å². The number of hydrogen-bond acceptors (Lipinski definition) is 4. The first-order valence-corrected chi connectivity index (χ1v) is 9.78. The Kier molecular flexibility index (Phi) is 7.73. The molecule has 0 bridgehead atoms. The monoisotopic (exact) mass is 445 g/mol. The molecule has 0 spiro atoms. The summed E-state index contributed by atoms with van der Waals surface area (Å²) in [4.78, 5) is 30.1. The summed E-state index contributed by atoms with van der Waals surface area (Å²) in [5.74, 6) is 0.616. The number of carbonyl (C=O) groups excluding carboxylic acids is 2. The molecular formula is C18H25BrClN3O3. The van der Waals surface area contributed by atoms with Crippen LogP contribution in [0.25, 0.3) is 0 Å². The van der Waals surface area contributed by atoms with Crippen molar-refractivity contribution in [1.29, 1.82) is 0 Å². The Labute approximate surface area is 168 Å². The summed E-state index contributed by atoms with van der Waals surface area (Å²) in [7, 11) is 3.51. The van der Waals surface area contributed by atoms with E-state index in [0.29, 0.717) is 41.4 Å². The molecule has 1 aliphatic rings. The van der Waals surface area contributed by atoms with Gasteiger partial charge in [-0.2, -0.15) is 0 Å². The van der Waals surface area contributed by atoms with E-state index in [1.54, 1.807) is 44.1 Å². The smallest absolute Gasteiger partial charge is 0.263 e. The van der Waals surface area contributed by atoms with Gasteiger partial charge in [-0.3, -0.25) is 14.5 Å². The maximum absolute atomic E-state index is 12.7.